The van der Waals surface area contributed by atoms with Gasteiger partial charge in [0.05, 0.1) is 0 Å². The Balaban J connectivity index is 2.32. The van der Waals surface area contributed by atoms with Gasteiger partial charge >= 0.3 is 5.97 Å². The van der Waals surface area contributed by atoms with Gasteiger partial charge in [0.25, 0.3) is 0 Å². The van der Waals surface area contributed by atoms with Crippen LogP contribution in [-0.2, 0) is 10.2 Å². The van der Waals surface area contributed by atoms with Gasteiger partial charge in [-0.2, -0.15) is 0 Å². The average Bonchev–Trinajstić information content (AvgIpc) is 2.50. The molecule has 4 nitrogen and oxygen atoms in total. The molecule has 5 heteroatoms. The molecule has 1 fully saturated rings. The van der Waals surface area contributed by atoms with E-state index in [2.05, 4.69) is 4.98 Å². The van der Waals surface area contributed by atoms with Crippen molar-refractivity contribution in [2.75, 3.05) is 19.0 Å². The van der Waals surface area contributed by atoms with E-state index >= 15 is 0 Å². The van der Waals surface area contributed by atoms with Gasteiger partial charge < -0.3 is 10.0 Å². The molecule has 1 heterocycles. The fraction of sp³-hybridized carbons (Fsp3) is 0.600. The van der Waals surface area contributed by atoms with E-state index < -0.39 is 11.4 Å². The Morgan fingerprint density at radius 1 is 1.60 bits per heavy atom. The van der Waals surface area contributed by atoms with Gasteiger partial charge in [-0.15, -0.1) is 11.3 Å². The molecular formula is C10H14N2O2S. The average molecular weight is 226 g/mol. The molecule has 1 N–H and O–H groups in total. The zero-order valence-corrected chi connectivity index (χ0v) is 9.67. The van der Waals surface area contributed by atoms with Crippen LogP contribution in [0.25, 0.3) is 0 Å². The quantitative estimate of drug-likeness (QED) is 0.852. The third-order valence-electron chi connectivity index (χ3n) is 2.96. The van der Waals surface area contributed by atoms with Crippen molar-refractivity contribution < 1.29 is 9.90 Å². The number of rotatable bonds is 3. The number of aliphatic carboxylic acids is 1. The molecule has 82 valence electrons. The van der Waals surface area contributed by atoms with Gasteiger partial charge in [-0.05, 0) is 12.8 Å². The summed E-state index contributed by atoms with van der Waals surface area (Å²) in [7, 11) is 3.83. The van der Waals surface area contributed by atoms with Gasteiger partial charge in [-0.1, -0.05) is 6.42 Å². The zero-order chi connectivity index (χ0) is 11.1. The Labute approximate surface area is 92.6 Å². The van der Waals surface area contributed by atoms with E-state index in [1.807, 2.05) is 19.0 Å². The van der Waals surface area contributed by atoms with Crippen LogP contribution in [0.5, 0.6) is 0 Å². The third-order valence-corrected chi connectivity index (χ3v) is 4.33. The Hall–Kier alpha value is -1.10. The molecule has 0 spiro atoms. The van der Waals surface area contributed by atoms with Crippen molar-refractivity contribution in [1.82, 2.24) is 4.98 Å². The SMILES string of the molecule is CN(C)c1ncc(C2(C(=O)O)CCC2)s1. The van der Waals surface area contributed by atoms with E-state index in [0.29, 0.717) is 0 Å². The lowest BCUT2D eigenvalue weighted by molar-refractivity contribution is -0.147. The monoisotopic (exact) mass is 226 g/mol. The number of carbonyl (C=O) groups is 1. The number of anilines is 1. The Morgan fingerprint density at radius 2 is 2.27 bits per heavy atom. The lowest BCUT2D eigenvalue weighted by Gasteiger charge is -2.36. The van der Waals surface area contributed by atoms with E-state index in [0.717, 1.165) is 29.3 Å². The predicted molar refractivity (Wildman–Crippen MR) is 59.6 cm³/mol. The maximum atomic E-state index is 11.2. The van der Waals surface area contributed by atoms with Crippen LogP contribution in [0, 0.1) is 0 Å². The fourth-order valence-corrected chi connectivity index (χ4v) is 2.87. The fourth-order valence-electron chi connectivity index (χ4n) is 1.79. The van der Waals surface area contributed by atoms with Crippen molar-refractivity contribution in [2.24, 2.45) is 0 Å². The summed E-state index contributed by atoms with van der Waals surface area (Å²) in [6, 6.07) is 0. The maximum Gasteiger partial charge on any atom is 0.315 e. The highest BCUT2D eigenvalue weighted by Gasteiger charge is 2.47. The molecule has 0 radical (unpaired) electrons. The standard InChI is InChI=1S/C10H14N2O2S/c1-12(2)9-11-6-7(15-9)10(8(13)14)4-3-5-10/h6H,3-5H2,1-2H3,(H,13,14). The summed E-state index contributed by atoms with van der Waals surface area (Å²) in [5, 5.41) is 10.1. The van der Waals surface area contributed by atoms with Crippen molar-refractivity contribution in [3.05, 3.63) is 11.1 Å². The summed E-state index contributed by atoms with van der Waals surface area (Å²) in [6.45, 7) is 0. The normalized spacial score (nSPS) is 18.3. The molecule has 15 heavy (non-hydrogen) atoms. The molecule has 0 atom stereocenters. The van der Waals surface area contributed by atoms with Crippen LogP contribution >= 0.6 is 11.3 Å². The third kappa shape index (κ3) is 1.51. The minimum absolute atomic E-state index is 0.633. The maximum absolute atomic E-state index is 11.2. The number of hydrogen-bond donors (Lipinski definition) is 1. The van der Waals surface area contributed by atoms with Gasteiger partial charge in [0, 0.05) is 25.2 Å². The van der Waals surface area contributed by atoms with Gasteiger partial charge in [-0.3, -0.25) is 4.79 Å². The van der Waals surface area contributed by atoms with E-state index in [9.17, 15) is 9.90 Å². The van der Waals surface area contributed by atoms with Crippen LogP contribution in [0.2, 0.25) is 0 Å². The highest BCUT2D eigenvalue weighted by atomic mass is 32.1. The molecule has 1 aromatic heterocycles. The number of thiazole rings is 1. The van der Waals surface area contributed by atoms with Crippen molar-refractivity contribution in [3.8, 4) is 0 Å². The molecule has 0 aromatic carbocycles. The van der Waals surface area contributed by atoms with E-state index in [1.165, 1.54) is 11.3 Å². The van der Waals surface area contributed by atoms with Gasteiger partial charge in [0.2, 0.25) is 0 Å². The van der Waals surface area contributed by atoms with Crippen LogP contribution in [0.4, 0.5) is 5.13 Å². The Morgan fingerprint density at radius 3 is 2.60 bits per heavy atom. The molecule has 2 rings (SSSR count). The topological polar surface area (TPSA) is 53.4 Å². The van der Waals surface area contributed by atoms with Crippen LogP contribution in [-0.4, -0.2) is 30.2 Å². The van der Waals surface area contributed by atoms with E-state index in [1.54, 1.807) is 6.20 Å². The van der Waals surface area contributed by atoms with Crippen molar-refractivity contribution in [1.29, 1.82) is 0 Å². The first-order valence-corrected chi connectivity index (χ1v) is 5.75. The number of aromatic nitrogens is 1. The summed E-state index contributed by atoms with van der Waals surface area (Å²) in [4.78, 5) is 18.3. The first-order valence-electron chi connectivity index (χ1n) is 4.93. The molecule has 0 saturated heterocycles. The lowest BCUT2D eigenvalue weighted by Crippen LogP contribution is -2.41. The van der Waals surface area contributed by atoms with E-state index in [-0.39, 0.29) is 0 Å². The van der Waals surface area contributed by atoms with Crippen molar-refractivity contribution in [2.45, 2.75) is 24.7 Å². The summed E-state index contributed by atoms with van der Waals surface area (Å²) in [5.41, 5.74) is -0.633. The number of carboxylic acids is 1. The summed E-state index contributed by atoms with van der Waals surface area (Å²) in [6.07, 6.45) is 4.21. The van der Waals surface area contributed by atoms with Crippen LogP contribution < -0.4 is 4.90 Å². The van der Waals surface area contributed by atoms with Gasteiger partial charge in [0.1, 0.15) is 5.41 Å². The van der Waals surface area contributed by atoms with Gasteiger partial charge in [0.15, 0.2) is 5.13 Å². The molecular weight excluding hydrogens is 212 g/mol. The second kappa shape index (κ2) is 3.48. The number of nitrogens with zero attached hydrogens (tertiary/aromatic N) is 2. The zero-order valence-electron chi connectivity index (χ0n) is 8.86. The molecule has 1 aliphatic rings. The largest absolute Gasteiger partial charge is 0.481 e. The molecule has 1 aromatic rings. The second-order valence-electron chi connectivity index (χ2n) is 4.14. The number of hydrogen-bond acceptors (Lipinski definition) is 4. The molecule has 1 aliphatic carbocycles. The molecule has 0 bridgehead atoms. The van der Waals surface area contributed by atoms with Crippen molar-refractivity contribution in [3.63, 3.8) is 0 Å². The smallest absolute Gasteiger partial charge is 0.315 e. The van der Waals surface area contributed by atoms with Crippen molar-refractivity contribution >= 4 is 22.4 Å². The molecule has 0 amide bonds. The first-order chi connectivity index (χ1) is 7.06. The van der Waals surface area contributed by atoms with Crippen LogP contribution in [0.3, 0.4) is 0 Å². The Bertz CT molecular complexity index is 383. The minimum Gasteiger partial charge on any atom is -0.481 e. The van der Waals surface area contributed by atoms with Gasteiger partial charge in [-0.25, -0.2) is 4.98 Å². The molecule has 0 aliphatic heterocycles. The summed E-state index contributed by atoms with van der Waals surface area (Å²) < 4.78 is 0. The lowest BCUT2D eigenvalue weighted by atomic mass is 9.68. The second-order valence-corrected chi connectivity index (χ2v) is 5.15. The Kier molecular flexibility index (Phi) is 2.42. The van der Waals surface area contributed by atoms with Crippen LogP contribution in [0.15, 0.2) is 6.20 Å². The number of carboxylic acid groups (broad SMARTS) is 1. The first kappa shape index (κ1) is 10.4. The highest BCUT2D eigenvalue weighted by molar-refractivity contribution is 7.15. The summed E-state index contributed by atoms with van der Waals surface area (Å²) >= 11 is 1.49. The predicted octanol–water partition coefficient (Wildman–Crippen LogP) is 1.72. The molecule has 0 unspecified atom stereocenters. The summed E-state index contributed by atoms with van der Waals surface area (Å²) in [5.74, 6) is -0.706. The van der Waals surface area contributed by atoms with Crippen LogP contribution in [0.1, 0.15) is 24.1 Å². The minimum atomic E-state index is -0.706. The van der Waals surface area contributed by atoms with E-state index in [4.69, 9.17) is 0 Å². The highest BCUT2D eigenvalue weighted by Crippen LogP contribution is 2.46. The molecule has 1 saturated carbocycles.